The smallest absolute Gasteiger partial charge is 0.233 e. The van der Waals surface area contributed by atoms with Crippen molar-refractivity contribution in [1.29, 1.82) is 0 Å². The zero-order valence-corrected chi connectivity index (χ0v) is 12.2. The molecule has 0 radical (unpaired) electrons. The highest BCUT2D eigenvalue weighted by Crippen LogP contribution is 2.22. The molecule has 0 unspecified atom stereocenters. The van der Waals surface area contributed by atoms with Crippen molar-refractivity contribution >= 4 is 43.1 Å². The Morgan fingerprint density at radius 2 is 1.74 bits per heavy atom. The van der Waals surface area contributed by atoms with Crippen molar-refractivity contribution in [2.75, 3.05) is 16.2 Å². The van der Waals surface area contributed by atoms with Gasteiger partial charge in [-0.15, -0.1) is 3.71 Å². The number of imidazole rings is 1. The quantitative estimate of drug-likeness (QED) is 0.794. The molecule has 0 amide bonds. The molecule has 0 aliphatic heterocycles. The van der Waals surface area contributed by atoms with Gasteiger partial charge in [-0.3, -0.25) is 0 Å². The summed E-state index contributed by atoms with van der Waals surface area (Å²) >= 11 is 5.70. The standard InChI is InChI=1S/C8H9ClN4O4S2/c1-18(14,15)13(19(2,16)17)8-5-10-7-4-3-6(9)11-12(7)8/h3-5H,1-2H3. The van der Waals surface area contributed by atoms with E-state index in [1.807, 2.05) is 0 Å². The molecular weight excluding hydrogens is 316 g/mol. The van der Waals surface area contributed by atoms with Gasteiger partial charge in [0.15, 0.2) is 11.5 Å². The van der Waals surface area contributed by atoms with E-state index in [1.165, 1.54) is 12.1 Å². The van der Waals surface area contributed by atoms with E-state index in [-0.39, 0.29) is 20.3 Å². The van der Waals surface area contributed by atoms with Crippen LogP contribution in [0.25, 0.3) is 5.65 Å². The van der Waals surface area contributed by atoms with Gasteiger partial charge in [-0.2, -0.15) is 9.61 Å². The minimum atomic E-state index is -4.05. The van der Waals surface area contributed by atoms with Gasteiger partial charge in [-0.05, 0) is 12.1 Å². The molecule has 0 aliphatic carbocycles. The van der Waals surface area contributed by atoms with Crippen LogP contribution in [0.2, 0.25) is 5.15 Å². The van der Waals surface area contributed by atoms with Crippen LogP contribution in [0.5, 0.6) is 0 Å². The fraction of sp³-hybridized carbons (Fsp3) is 0.250. The molecule has 0 fully saturated rings. The SMILES string of the molecule is CS(=O)(=O)N(c1cnc2ccc(Cl)nn12)S(C)(=O)=O. The fourth-order valence-corrected chi connectivity index (χ4v) is 4.58. The minimum absolute atomic E-state index is 0.0775. The van der Waals surface area contributed by atoms with Crippen LogP contribution in [0.15, 0.2) is 18.3 Å². The van der Waals surface area contributed by atoms with Crippen molar-refractivity contribution in [1.82, 2.24) is 14.6 Å². The summed E-state index contributed by atoms with van der Waals surface area (Å²) < 4.78 is 47.9. The third kappa shape index (κ3) is 2.65. The highest BCUT2D eigenvalue weighted by Gasteiger charge is 2.30. The van der Waals surface area contributed by atoms with Crippen LogP contribution >= 0.6 is 11.6 Å². The second-order valence-corrected chi connectivity index (χ2v) is 8.05. The first-order chi connectivity index (χ1) is 8.60. The highest BCUT2D eigenvalue weighted by atomic mass is 35.5. The maximum Gasteiger partial charge on any atom is 0.246 e. The van der Waals surface area contributed by atoms with Gasteiger partial charge in [-0.1, -0.05) is 11.6 Å². The molecule has 19 heavy (non-hydrogen) atoms. The van der Waals surface area contributed by atoms with Crippen LogP contribution in [0.1, 0.15) is 0 Å². The molecule has 2 rings (SSSR count). The molecule has 8 nitrogen and oxygen atoms in total. The molecule has 0 aromatic carbocycles. The first-order valence-corrected chi connectivity index (χ1v) is 8.89. The molecule has 0 spiro atoms. The van der Waals surface area contributed by atoms with Crippen LogP contribution in [-0.4, -0.2) is 43.9 Å². The highest BCUT2D eigenvalue weighted by molar-refractivity contribution is 8.09. The summed E-state index contributed by atoms with van der Waals surface area (Å²) in [6, 6.07) is 2.94. The van der Waals surface area contributed by atoms with E-state index in [0.717, 1.165) is 23.2 Å². The van der Waals surface area contributed by atoms with E-state index < -0.39 is 20.0 Å². The maximum absolute atomic E-state index is 11.7. The number of aromatic nitrogens is 3. The van der Waals surface area contributed by atoms with Gasteiger partial charge in [-0.25, -0.2) is 21.8 Å². The van der Waals surface area contributed by atoms with Gasteiger partial charge in [0.05, 0.1) is 18.7 Å². The number of hydrogen-bond donors (Lipinski definition) is 0. The van der Waals surface area contributed by atoms with Crippen LogP contribution in [0.4, 0.5) is 5.82 Å². The van der Waals surface area contributed by atoms with E-state index >= 15 is 0 Å². The molecular formula is C8H9ClN4O4S2. The zero-order valence-electron chi connectivity index (χ0n) is 9.85. The van der Waals surface area contributed by atoms with Gasteiger partial charge in [0, 0.05) is 0 Å². The van der Waals surface area contributed by atoms with Crippen molar-refractivity contribution in [3.63, 3.8) is 0 Å². The largest absolute Gasteiger partial charge is 0.246 e. The van der Waals surface area contributed by atoms with E-state index in [9.17, 15) is 16.8 Å². The average Bonchev–Trinajstić information content (AvgIpc) is 2.57. The Morgan fingerprint density at radius 3 is 2.26 bits per heavy atom. The summed E-state index contributed by atoms with van der Waals surface area (Å²) in [6.45, 7) is 0. The van der Waals surface area contributed by atoms with E-state index in [1.54, 1.807) is 0 Å². The second-order valence-electron chi connectivity index (χ2n) is 3.77. The van der Waals surface area contributed by atoms with Crippen molar-refractivity contribution in [3.8, 4) is 0 Å². The van der Waals surface area contributed by atoms with Crippen LogP contribution in [0.3, 0.4) is 0 Å². The molecule has 0 saturated carbocycles. The van der Waals surface area contributed by atoms with Gasteiger partial charge < -0.3 is 0 Å². The lowest BCUT2D eigenvalue weighted by molar-refractivity contribution is 0.589. The topological polar surface area (TPSA) is 102 Å². The fourth-order valence-electron chi connectivity index (χ4n) is 1.55. The first kappa shape index (κ1) is 14.0. The number of anilines is 1. The molecule has 0 N–H and O–H groups in total. The third-order valence-electron chi connectivity index (χ3n) is 2.10. The van der Waals surface area contributed by atoms with E-state index in [2.05, 4.69) is 10.1 Å². The first-order valence-electron chi connectivity index (χ1n) is 4.81. The minimum Gasteiger partial charge on any atom is -0.233 e. The van der Waals surface area contributed by atoms with E-state index in [0.29, 0.717) is 0 Å². The van der Waals surface area contributed by atoms with Crippen molar-refractivity contribution in [2.45, 2.75) is 0 Å². The molecule has 2 aromatic heterocycles. The molecule has 0 bridgehead atoms. The molecule has 2 heterocycles. The molecule has 0 aliphatic rings. The van der Waals surface area contributed by atoms with Gasteiger partial charge in [0.25, 0.3) is 0 Å². The number of fused-ring (bicyclic) bond motifs is 1. The Hall–Kier alpha value is -1.39. The average molecular weight is 325 g/mol. The Labute approximate surface area is 114 Å². The number of rotatable bonds is 3. The molecule has 0 atom stereocenters. The lowest BCUT2D eigenvalue weighted by atomic mass is 10.6. The van der Waals surface area contributed by atoms with Crippen molar-refractivity contribution in [3.05, 3.63) is 23.5 Å². The number of halogens is 1. The summed E-state index contributed by atoms with van der Waals surface area (Å²) in [5.74, 6) is -0.220. The van der Waals surface area contributed by atoms with Gasteiger partial charge in [0.2, 0.25) is 20.0 Å². The Morgan fingerprint density at radius 1 is 1.16 bits per heavy atom. The summed E-state index contributed by atoms with van der Waals surface area (Å²) in [4.78, 5) is 3.88. The molecule has 0 saturated heterocycles. The van der Waals surface area contributed by atoms with E-state index in [4.69, 9.17) is 11.6 Å². The summed E-state index contributed by atoms with van der Waals surface area (Å²) in [5.41, 5.74) is 0.275. The van der Waals surface area contributed by atoms with Crippen LogP contribution in [0, 0.1) is 0 Å². The Bertz CT molecular complexity index is 811. The Balaban J connectivity index is 2.82. The van der Waals surface area contributed by atoms with Gasteiger partial charge >= 0.3 is 0 Å². The monoisotopic (exact) mass is 324 g/mol. The molecule has 2 aromatic rings. The van der Waals surface area contributed by atoms with Gasteiger partial charge in [0.1, 0.15) is 5.15 Å². The predicted octanol–water partition coefficient (Wildman–Crippen LogP) is 0.108. The van der Waals surface area contributed by atoms with Crippen LogP contribution < -0.4 is 3.71 Å². The summed E-state index contributed by atoms with van der Waals surface area (Å²) in [5, 5.41) is 3.91. The molecule has 11 heteroatoms. The zero-order chi connectivity index (χ0) is 14.4. The number of sulfonamides is 2. The van der Waals surface area contributed by atoms with Crippen molar-refractivity contribution < 1.29 is 16.8 Å². The Kier molecular flexibility index (Phi) is 3.19. The second kappa shape index (κ2) is 4.32. The van der Waals surface area contributed by atoms with Crippen LogP contribution in [-0.2, 0) is 20.0 Å². The van der Waals surface area contributed by atoms with Crippen molar-refractivity contribution in [2.24, 2.45) is 0 Å². The maximum atomic E-state index is 11.7. The lowest BCUT2D eigenvalue weighted by Crippen LogP contribution is -2.36. The predicted molar refractivity (Wildman–Crippen MR) is 70.2 cm³/mol. The lowest BCUT2D eigenvalue weighted by Gasteiger charge is -2.17. The molecule has 104 valence electrons. The number of hydrogen-bond acceptors (Lipinski definition) is 6. The third-order valence-corrected chi connectivity index (χ3v) is 5.51. The summed E-state index contributed by atoms with van der Waals surface area (Å²) in [6.07, 6.45) is 2.65. The number of nitrogens with zero attached hydrogens (tertiary/aromatic N) is 4. The summed E-state index contributed by atoms with van der Waals surface area (Å²) in [7, 11) is -8.10. The normalized spacial score (nSPS) is 12.8.